The molecule has 0 saturated heterocycles. The third-order valence-electron chi connectivity index (χ3n) is 4.08. The molecule has 1 rings (SSSR count). The van der Waals surface area contributed by atoms with E-state index in [1.807, 2.05) is 13.0 Å². The summed E-state index contributed by atoms with van der Waals surface area (Å²) < 4.78 is 0. The van der Waals surface area contributed by atoms with Gasteiger partial charge in [-0.1, -0.05) is 51.7 Å². The van der Waals surface area contributed by atoms with Crippen molar-refractivity contribution < 1.29 is 15.0 Å². The molecule has 4 unspecified atom stereocenters. The molecule has 0 radical (unpaired) electrons. The summed E-state index contributed by atoms with van der Waals surface area (Å²) >= 11 is 0. The van der Waals surface area contributed by atoms with Crippen LogP contribution in [-0.4, -0.2) is 28.2 Å². The summed E-state index contributed by atoms with van der Waals surface area (Å²) in [5.41, 5.74) is 0. The fourth-order valence-corrected chi connectivity index (χ4v) is 2.78. The minimum Gasteiger partial charge on any atom is -0.392 e. The second kappa shape index (κ2) is 8.49. The second-order valence-corrected chi connectivity index (χ2v) is 5.63. The molecule has 1 aliphatic carbocycles. The topological polar surface area (TPSA) is 57.5 Å². The van der Waals surface area contributed by atoms with Crippen molar-refractivity contribution in [3.05, 3.63) is 12.2 Å². The number of carbonyl (C=O) groups excluding carboxylic acids is 1. The minimum absolute atomic E-state index is 0.0489. The average Bonchev–Trinajstić information content (AvgIpc) is 2.66. The highest BCUT2D eigenvalue weighted by molar-refractivity contribution is 5.84. The number of aliphatic hydroxyl groups is 2. The number of aliphatic hydroxyl groups excluding tert-OH is 2. The van der Waals surface area contributed by atoms with Crippen LogP contribution >= 0.6 is 0 Å². The standard InChI is InChI=1S/C16H28O3/c1-3-5-6-7-8-13-14(10-9-12(17)4-2)16(19)11-15(13)18/h9-10,12-14,16-17,19H,3-8,11H2,1-2H3/b10-9+. The first-order chi connectivity index (χ1) is 9.10. The van der Waals surface area contributed by atoms with Crippen molar-refractivity contribution in [1.29, 1.82) is 0 Å². The van der Waals surface area contributed by atoms with Crippen LogP contribution in [0.15, 0.2) is 12.2 Å². The lowest BCUT2D eigenvalue weighted by Crippen LogP contribution is -2.19. The Bertz CT molecular complexity index is 298. The van der Waals surface area contributed by atoms with Gasteiger partial charge in [-0.25, -0.2) is 0 Å². The van der Waals surface area contributed by atoms with E-state index < -0.39 is 12.2 Å². The molecule has 0 aromatic carbocycles. The van der Waals surface area contributed by atoms with Crippen LogP contribution in [0.2, 0.25) is 0 Å². The van der Waals surface area contributed by atoms with Gasteiger partial charge in [0.1, 0.15) is 5.78 Å². The van der Waals surface area contributed by atoms with Gasteiger partial charge in [0.15, 0.2) is 0 Å². The lowest BCUT2D eigenvalue weighted by molar-refractivity contribution is -0.121. The molecule has 0 bridgehead atoms. The van der Waals surface area contributed by atoms with Crippen LogP contribution in [0.3, 0.4) is 0 Å². The van der Waals surface area contributed by atoms with Crippen molar-refractivity contribution in [2.75, 3.05) is 0 Å². The van der Waals surface area contributed by atoms with Gasteiger partial charge in [-0.15, -0.1) is 0 Å². The van der Waals surface area contributed by atoms with Crippen molar-refractivity contribution in [3.63, 3.8) is 0 Å². The molecule has 3 nitrogen and oxygen atoms in total. The van der Waals surface area contributed by atoms with Gasteiger partial charge in [-0.2, -0.15) is 0 Å². The average molecular weight is 268 g/mol. The molecule has 1 aliphatic rings. The Kier molecular flexibility index (Phi) is 7.32. The Labute approximate surface area is 116 Å². The van der Waals surface area contributed by atoms with Crippen LogP contribution < -0.4 is 0 Å². The first kappa shape index (κ1) is 16.4. The quantitative estimate of drug-likeness (QED) is 0.526. The minimum atomic E-state index is -0.566. The predicted molar refractivity (Wildman–Crippen MR) is 76.8 cm³/mol. The Balaban J connectivity index is 2.54. The highest BCUT2D eigenvalue weighted by Gasteiger charge is 2.39. The van der Waals surface area contributed by atoms with Gasteiger partial charge < -0.3 is 10.2 Å². The van der Waals surface area contributed by atoms with Crippen LogP contribution in [0.1, 0.15) is 58.8 Å². The lowest BCUT2D eigenvalue weighted by atomic mass is 9.88. The van der Waals surface area contributed by atoms with Gasteiger partial charge in [0.05, 0.1) is 12.2 Å². The van der Waals surface area contributed by atoms with Crippen LogP contribution in [0.25, 0.3) is 0 Å². The fraction of sp³-hybridized carbons (Fsp3) is 0.812. The Morgan fingerprint density at radius 3 is 2.68 bits per heavy atom. The number of unbranched alkanes of at least 4 members (excludes halogenated alkanes) is 3. The van der Waals surface area contributed by atoms with Gasteiger partial charge in [-0.05, 0) is 12.8 Å². The SMILES string of the molecule is CCCCCCC1C(=O)CC(O)C1/C=C/C(O)CC. The number of rotatable bonds is 8. The van der Waals surface area contributed by atoms with E-state index in [1.165, 1.54) is 12.8 Å². The van der Waals surface area contributed by atoms with E-state index in [-0.39, 0.29) is 24.0 Å². The maximum Gasteiger partial charge on any atom is 0.139 e. The first-order valence-corrected chi connectivity index (χ1v) is 7.67. The molecule has 0 aliphatic heterocycles. The molecule has 0 amide bonds. The summed E-state index contributed by atoms with van der Waals surface area (Å²) in [6, 6.07) is 0. The number of ketones is 1. The molecular formula is C16H28O3. The zero-order chi connectivity index (χ0) is 14.3. The van der Waals surface area contributed by atoms with Crippen molar-refractivity contribution >= 4 is 5.78 Å². The van der Waals surface area contributed by atoms with E-state index in [4.69, 9.17) is 0 Å². The molecule has 3 heteroatoms. The van der Waals surface area contributed by atoms with Crippen molar-refractivity contribution in [1.82, 2.24) is 0 Å². The van der Waals surface area contributed by atoms with Gasteiger partial charge >= 0.3 is 0 Å². The number of Topliss-reactive ketones (excluding diaryl/α,β-unsaturated/α-hetero) is 1. The van der Waals surface area contributed by atoms with Gasteiger partial charge in [0, 0.05) is 18.3 Å². The highest BCUT2D eigenvalue weighted by Crippen LogP contribution is 2.34. The summed E-state index contributed by atoms with van der Waals surface area (Å²) in [5, 5.41) is 19.5. The first-order valence-electron chi connectivity index (χ1n) is 7.67. The van der Waals surface area contributed by atoms with Crippen LogP contribution in [0, 0.1) is 11.8 Å². The Morgan fingerprint density at radius 1 is 1.32 bits per heavy atom. The predicted octanol–water partition coefficient (Wildman–Crippen LogP) is 2.85. The normalized spacial score (nSPS) is 29.3. The monoisotopic (exact) mass is 268 g/mol. The lowest BCUT2D eigenvalue weighted by Gasteiger charge is -2.17. The van der Waals surface area contributed by atoms with Gasteiger partial charge in [0.2, 0.25) is 0 Å². The molecule has 0 aromatic heterocycles. The molecule has 0 aromatic rings. The second-order valence-electron chi connectivity index (χ2n) is 5.63. The molecule has 4 atom stereocenters. The van der Waals surface area contributed by atoms with E-state index in [2.05, 4.69) is 6.92 Å². The fourth-order valence-electron chi connectivity index (χ4n) is 2.78. The smallest absolute Gasteiger partial charge is 0.139 e. The molecule has 2 N–H and O–H groups in total. The third kappa shape index (κ3) is 5.07. The van der Waals surface area contributed by atoms with Crippen molar-refractivity contribution in [2.45, 2.75) is 71.0 Å². The number of hydrogen-bond donors (Lipinski definition) is 2. The summed E-state index contributed by atoms with van der Waals surface area (Å²) in [6.45, 7) is 4.08. The largest absolute Gasteiger partial charge is 0.392 e. The van der Waals surface area contributed by atoms with E-state index >= 15 is 0 Å². The summed E-state index contributed by atoms with van der Waals surface area (Å²) in [5.74, 6) is 0.0344. The summed E-state index contributed by atoms with van der Waals surface area (Å²) in [6.07, 6.45) is 8.96. The number of hydrogen-bond acceptors (Lipinski definition) is 3. The van der Waals surface area contributed by atoms with Gasteiger partial charge in [0.25, 0.3) is 0 Å². The van der Waals surface area contributed by atoms with E-state index in [0.29, 0.717) is 6.42 Å². The Morgan fingerprint density at radius 2 is 2.05 bits per heavy atom. The maximum atomic E-state index is 11.9. The molecule has 19 heavy (non-hydrogen) atoms. The molecule has 110 valence electrons. The zero-order valence-electron chi connectivity index (χ0n) is 12.2. The van der Waals surface area contributed by atoms with Crippen LogP contribution in [-0.2, 0) is 4.79 Å². The molecule has 0 heterocycles. The van der Waals surface area contributed by atoms with E-state index in [1.54, 1.807) is 6.08 Å². The maximum absolute atomic E-state index is 11.9. The van der Waals surface area contributed by atoms with Crippen LogP contribution in [0.5, 0.6) is 0 Å². The summed E-state index contributed by atoms with van der Waals surface area (Å²) in [7, 11) is 0. The molecule has 0 spiro atoms. The van der Waals surface area contributed by atoms with E-state index in [0.717, 1.165) is 19.3 Å². The van der Waals surface area contributed by atoms with E-state index in [9.17, 15) is 15.0 Å². The Hall–Kier alpha value is -0.670. The van der Waals surface area contributed by atoms with Crippen molar-refractivity contribution in [3.8, 4) is 0 Å². The molecular weight excluding hydrogens is 240 g/mol. The number of carbonyl (C=O) groups is 1. The highest BCUT2D eigenvalue weighted by atomic mass is 16.3. The van der Waals surface area contributed by atoms with Crippen molar-refractivity contribution in [2.24, 2.45) is 11.8 Å². The third-order valence-corrected chi connectivity index (χ3v) is 4.08. The summed E-state index contributed by atoms with van der Waals surface area (Å²) in [4.78, 5) is 11.9. The molecule has 1 saturated carbocycles. The van der Waals surface area contributed by atoms with Crippen LogP contribution in [0.4, 0.5) is 0 Å². The zero-order valence-corrected chi connectivity index (χ0v) is 12.2. The van der Waals surface area contributed by atoms with Gasteiger partial charge in [-0.3, -0.25) is 4.79 Å². The molecule has 1 fully saturated rings.